The molecule has 7 nitrogen and oxygen atoms in total. The van der Waals surface area contributed by atoms with Gasteiger partial charge in [-0.1, -0.05) is 15.9 Å². The van der Waals surface area contributed by atoms with Crippen LogP contribution < -0.4 is 10.2 Å². The fourth-order valence-corrected chi connectivity index (χ4v) is 3.39. The molecule has 26 heavy (non-hydrogen) atoms. The number of benzene rings is 1. The molecule has 8 heteroatoms. The van der Waals surface area contributed by atoms with E-state index in [1.165, 1.54) is 6.07 Å². The van der Waals surface area contributed by atoms with Gasteiger partial charge in [0.05, 0.1) is 11.0 Å². The van der Waals surface area contributed by atoms with Crippen molar-refractivity contribution in [3.05, 3.63) is 32.8 Å². The highest BCUT2D eigenvalue weighted by molar-refractivity contribution is 9.10. The lowest BCUT2D eigenvalue weighted by atomic mass is 9.95. The average molecular weight is 428 g/mol. The maximum absolute atomic E-state index is 12.3. The van der Waals surface area contributed by atoms with Crippen LogP contribution in [0.3, 0.4) is 0 Å². The van der Waals surface area contributed by atoms with Gasteiger partial charge in [-0.15, -0.1) is 0 Å². The van der Waals surface area contributed by atoms with Gasteiger partial charge in [0, 0.05) is 42.7 Å². The number of nitro benzene ring substituents is 1. The molecule has 0 spiro atoms. The van der Waals surface area contributed by atoms with Gasteiger partial charge in [0.15, 0.2) is 0 Å². The first-order valence-electron chi connectivity index (χ1n) is 8.96. The summed E-state index contributed by atoms with van der Waals surface area (Å²) in [5, 5.41) is 14.3. The fourth-order valence-electron chi connectivity index (χ4n) is 3.04. The second-order valence-electron chi connectivity index (χ2n) is 6.72. The summed E-state index contributed by atoms with van der Waals surface area (Å²) in [6, 6.07) is 5.09. The predicted molar refractivity (Wildman–Crippen MR) is 104 cm³/mol. The van der Waals surface area contributed by atoms with Gasteiger partial charge in [-0.25, -0.2) is 0 Å². The molecule has 1 N–H and O–H groups in total. The minimum absolute atomic E-state index is 0.0354. The van der Waals surface area contributed by atoms with Crippen molar-refractivity contribution in [2.75, 3.05) is 31.1 Å². The summed E-state index contributed by atoms with van der Waals surface area (Å²) in [6.07, 6.45) is 2.40. The van der Waals surface area contributed by atoms with Crippen LogP contribution in [0.2, 0.25) is 0 Å². The molecular formula is C18H26BrN3O4. The summed E-state index contributed by atoms with van der Waals surface area (Å²) < 4.78 is 6.14. The number of anilines is 1. The number of carbonyl (C=O) groups is 1. The zero-order chi connectivity index (χ0) is 19.1. The first-order chi connectivity index (χ1) is 12.4. The highest BCUT2D eigenvalue weighted by Crippen LogP contribution is 2.33. The van der Waals surface area contributed by atoms with E-state index in [2.05, 4.69) is 21.2 Å². The van der Waals surface area contributed by atoms with Crippen molar-refractivity contribution < 1.29 is 14.5 Å². The smallest absolute Gasteiger partial charge is 0.293 e. The van der Waals surface area contributed by atoms with Gasteiger partial charge in [0.1, 0.15) is 5.69 Å². The highest BCUT2D eigenvalue weighted by atomic mass is 79.9. The van der Waals surface area contributed by atoms with Crippen LogP contribution in [0.5, 0.6) is 0 Å². The van der Waals surface area contributed by atoms with E-state index in [9.17, 15) is 14.9 Å². The normalized spacial score (nSPS) is 15.3. The predicted octanol–water partition coefficient (Wildman–Crippen LogP) is 3.51. The third kappa shape index (κ3) is 5.95. The van der Waals surface area contributed by atoms with Gasteiger partial charge >= 0.3 is 0 Å². The first-order valence-corrected chi connectivity index (χ1v) is 9.76. The lowest BCUT2D eigenvalue weighted by Gasteiger charge is -2.32. The molecule has 0 bridgehead atoms. The summed E-state index contributed by atoms with van der Waals surface area (Å²) in [5.41, 5.74) is 0.704. The Morgan fingerprint density at radius 1 is 1.42 bits per heavy atom. The number of hydrogen-bond acceptors (Lipinski definition) is 5. The van der Waals surface area contributed by atoms with Crippen molar-refractivity contribution in [2.45, 2.75) is 39.2 Å². The zero-order valence-corrected chi connectivity index (χ0v) is 16.8. The third-order valence-corrected chi connectivity index (χ3v) is 4.91. The number of carbonyl (C=O) groups excluding carboxylic acids is 1. The van der Waals surface area contributed by atoms with Crippen LogP contribution in [0.15, 0.2) is 22.7 Å². The molecule has 1 aliphatic rings. The average Bonchev–Trinajstić information content (AvgIpc) is 2.61. The lowest BCUT2D eigenvalue weighted by Crippen LogP contribution is -2.41. The molecule has 0 atom stereocenters. The van der Waals surface area contributed by atoms with Crippen LogP contribution in [0, 0.1) is 16.0 Å². The minimum Gasteiger partial charge on any atom is -0.379 e. The molecule has 1 aromatic carbocycles. The number of ether oxygens (including phenoxy) is 1. The number of nitrogens with one attached hydrogen (secondary N) is 1. The Morgan fingerprint density at radius 2 is 2.12 bits per heavy atom. The Bertz CT molecular complexity index is 631. The molecule has 1 heterocycles. The quantitative estimate of drug-likeness (QED) is 0.389. The molecule has 144 valence electrons. The summed E-state index contributed by atoms with van der Waals surface area (Å²) >= 11 is 3.28. The number of nitrogens with zero attached hydrogens (tertiary/aromatic N) is 2. The van der Waals surface area contributed by atoms with Crippen LogP contribution >= 0.6 is 15.9 Å². The molecular weight excluding hydrogens is 402 g/mol. The van der Waals surface area contributed by atoms with Gasteiger partial charge in [-0.2, -0.15) is 0 Å². The highest BCUT2D eigenvalue weighted by Gasteiger charge is 2.28. The monoisotopic (exact) mass is 427 g/mol. The Hall–Kier alpha value is -1.67. The second kappa shape index (κ2) is 9.87. The van der Waals surface area contributed by atoms with E-state index < -0.39 is 0 Å². The molecule has 0 unspecified atom stereocenters. The van der Waals surface area contributed by atoms with Crippen molar-refractivity contribution in [3.8, 4) is 0 Å². The molecule has 0 saturated carbocycles. The van der Waals surface area contributed by atoms with Gasteiger partial charge in [0.25, 0.3) is 5.69 Å². The SMILES string of the molecule is CC(C)OCCCNC(=O)C1CCN(c2ccc(Br)cc2[N+](=O)[O-])CC1. The molecule has 1 saturated heterocycles. The second-order valence-corrected chi connectivity index (χ2v) is 7.63. The summed E-state index contributed by atoms with van der Waals surface area (Å²) in [6.45, 7) is 6.51. The molecule has 1 fully saturated rings. The van der Waals surface area contributed by atoms with E-state index in [-0.39, 0.29) is 28.5 Å². The van der Waals surface area contributed by atoms with E-state index >= 15 is 0 Å². The lowest BCUT2D eigenvalue weighted by molar-refractivity contribution is -0.384. The standard InChI is InChI=1S/C18H26BrN3O4/c1-13(2)26-11-3-8-20-18(23)14-6-9-21(10-7-14)16-5-4-15(19)12-17(16)22(24)25/h4-5,12-14H,3,6-11H2,1-2H3,(H,20,23). The van der Waals surface area contributed by atoms with E-state index in [1.54, 1.807) is 12.1 Å². The maximum Gasteiger partial charge on any atom is 0.293 e. The summed E-state index contributed by atoms with van der Waals surface area (Å²) in [7, 11) is 0. The third-order valence-electron chi connectivity index (χ3n) is 4.41. The van der Waals surface area contributed by atoms with Crippen LogP contribution in [-0.4, -0.2) is 43.2 Å². The van der Waals surface area contributed by atoms with Crippen molar-refractivity contribution in [2.24, 2.45) is 5.92 Å². The van der Waals surface area contributed by atoms with Crippen LogP contribution in [0.25, 0.3) is 0 Å². The van der Waals surface area contributed by atoms with Crippen molar-refractivity contribution in [3.63, 3.8) is 0 Å². The van der Waals surface area contributed by atoms with Crippen LogP contribution in [0.4, 0.5) is 11.4 Å². The number of piperidine rings is 1. The van der Waals surface area contributed by atoms with Gasteiger partial charge in [0.2, 0.25) is 5.91 Å². The number of rotatable bonds is 8. The largest absolute Gasteiger partial charge is 0.379 e. The van der Waals surface area contributed by atoms with Gasteiger partial charge < -0.3 is 15.0 Å². The first kappa shape index (κ1) is 20.6. The van der Waals surface area contributed by atoms with Crippen molar-refractivity contribution >= 4 is 33.2 Å². The Balaban J connectivity index is 1.82. The number of halogens is 1. The van der Waals surface area contributed by atoms with Gasteiger partial charge in [-0.05, 0) is 45.2 Å². The Labute approximate surface area is 162 Å². The molecule has 1 aliphatic heterocycles. The number of nitro groups is 1. The van der Waals surface area contributed by atoms with E-state index in [0.717, 1.165) is 6.42 Å². The Morgan fingerprint density at radius 3 is 2.73 bits per heavy atom. The van der Waals surface area contributed by atoms with Crippen LogP contribution in [-0.2, 0) is 9.53 Å². The molecule has 0 aliphatic carbocycles. The number of hydrogen-bond donors (Lipinski definition) is 1. The molecule has 2 rings (SSSR count). The number of amides is 1. The topological polar surface area (TPSA) is 84.7 Å². The summed E-state index contributed by atoms with van der Waals surface area (Å²) in [5.74, 6) is 0.0336. The molecule has 0 radical (unpaired) electrons. The van der Waals surface area contributed by atoms with E-state index in [4.69, 9.17) is 4.74 Å². The van der Waals surface area contributed by atoms with Crippen LogP contribution in [0.1, 0.15) is 33.1 Å². The zero-order valence-electron chi connectivity index (χ0n) is 15.2. The van der Waals surface area contributed by atoms with E-state index in [1.807, 2.05) is 18.7 Å². The fraction of sp³-hybridized carbons (Fsp3) is 0.611. The maximum atomic E-state index is 12.3. The summed E-state index contributed by atoms with van der Waals surface area (Å²) in [4.78, 5) is 25.2. The Kier molecular flexibility index (Phi) is 7.84. The van der Waals surface area contributed by atoms with Crippen molar-refractivity contribution in [1.29, 1.82) is 0 Å². The van der Waals surface area contributed by atoms with Crippen molar-refractivity contribution in [1.82, 2.24) is 5.32 Å². The van der Waals surface area contributed by atoms with Gasteiger partial charge in [-0.3, -0.25) is 14.9 Å². The molecule has 0 aromatic heterocycles. The molecule has 1 amide bonds. The molecule has 1 aromatic rings. The van der Waals surface area contributed by atoms with E-state index in [0.29, 0.717) is 49.2 Å². The minimum atomic E-state index is -0.363.